The van der Waals surface area contributed by atoms with Crippen LogP contribution < -0.4 is 11.0 Å². The lowest BCUT2D eigenvalue weighted by Crippen LogP contribution is -2.22. The van der Waals surface area contributed by atoms with Gasteiger partial charge in [0.1, 0.15) is 0 Å². The maximum Gasteiger partial charge on any atom is 0.323 e. The molecular formula is C17H18N4O4S2. The van der Waals surface area contributed by atoms with Crippen molar-refractivity contribution in [2.45, 2.75) is 29.9 Å². The minimum absolute atomic E-state index is 0.125. The summed E-state index contributed by atoms with van der Waals surface area (Å²) < 4.78 is 5.61. The fourth-order valence-corrected chi connectivity index (χ4v) is 4.32. The Bertz CT molecular complexity index is 1020. The largest absolute Gasteiger partial charge is 0.466 e. The van der Waals surface area contributed by atoms with Gasteiger partial charge in [-0.15, -0.1) is 11.3 Å². The van der Waals surface area contributed by atoms with Crippen LogP contribution in [0, 0.1) is 0 Å². The number of hydrogen-bond donors (Lipinski definition) is 3. The highest BCUT2D eigenvalue weighted by molar-refractivity contribution is 8.02. The number of carbonyl (C=O) groups is 2. The van der Waals surface area contributed by atoms with E-state index < -0.39 is 0 Å². The summed E-state index contributed by atoms with van der Waals surface area (Å²) in [4.78, 5) is 44.9. The molecule has 0 aliphatic carbocycles. The maximum absolute atomic E-state index is 12.4. The summed E-state index contributed by atoms with van der Waals surface area (Å²) in [5.74, 6) is -0.497. The highest BCUT2D eigenvalue weighted by Gasteiger charge is 2.18. The molecule has 0 aliphatic heterocycles. The zero-order chi connectivity index (χ0) is 19.4. The number of H-pyrrole nitrogens is 2. The second-order valence-corrected chi connectivity index (χ2v) is 8.12. The molecule has 2 aromatic heterocycles. The number of esters is 1. The number of amides is 1. The monoisotopic (exact) mass is 406 g/mol. The number of aromatic nitrogens is 3. The summed E-state index contributed by atoms with van der Waals surface area (Å²) in [5.41, 5.74) is 2.24. The van der Waals surface area contributed by atoms with Crippen molar-refractivity contribution in [2.75, 3.05) is 11.9 Å². The number of fused-ring (bicyclic) bond motifs is 1. The predicted octanol–water partition coefficient (Wildman–Crippen LogP) is 2.54. The van der Waals surface area contributed by atoms with E-state index in [1.165, 1.54) is 23.1 Å². The van der Waals surface area contributed by atoms with Gasteiger partial charge in [-0.1, -0.05) is 11.8 Å². The normalized spacial score (nSPS) is 12.1. The molecule has 1 atom stereocenters. The van der Waals surface area contributed by atoms with E-state index in [2.05, 4.69) is 20.3 Å². The average molecular weight is 406 g/mol. The second-order valence-electron chi connectivity index (χ2n) is 5.68. The highest BCUT2D eigenvalue weighted by Crippen LogP contribution is 2.28. The van der Waals surface area contributed by atoms with Crippen LogP contribution >= 0.6 is 23.1 Å². The molecule has 0 saturated heterocycles. The lowest BCUT2D eigenvalue weighted by Gasteiger charge is -2.10. The first-order valence-corrected chi connectivity index (χ1v) is 10.00. The summed E-state index contributed by atoms with van der Waals surface area (Å²) >= 11 is 2.71. The number of rotatable bonds is 7. The molecule has 10 heteroatoms. The van der Waals surface area contributed by atoms with E-state index in [9.17, 15) is 14.4 Å². The summed E-state index contributed by atoms with van der Waals surface area (Å²) in [6, 6.07) is 5.15. The van der Waals surface area contributed by atoms with Crippen LogP contribution in [0.4, 0.5) is 5.69 Å². The molecule has 3 aromatic rings. The molecule has 2 heterocycles. The lowest BCUT2D eigenvalue weighted by molar-refractivity contribution is -0.142. The molecule has 27 heavy (non-hydrogen) atoms. The van der Waals surface area contributed by atoms with E-state index in [1.54, 1.807) is 37.4 Å². The number of imidazole rings is 1. The Morgan fingerprint density at radius 2 is 2.11 bits per heavy atom. The van der Waals surface area contributed by atoms with Gasteiger partial charge in [0.2, 0.25) is 5.91 Å². The van der Waals surface area contributed by atoms with Crippen molar-refractivity contribution >= 4 is 51.7 Å². The van der Waals surface area contributed by atoms with Crippen molar-refractivity contribution in [3.05, 3.63) is 39.8 Å². The number of anilines is 1. The third-order valence-electron chi connectivity index (χ3n) is 3.59. The van der Waals surface area contributed by atoms with E-state index >= 15 is 0 Å². The van der Waals surface area contributed by atoms with Crippen LogP contribution in [0.5, 0.6) is 0 Å². The fraction of sp³-hybridized carbons (Fsp3) is 0.294. The number of benzene rings is 1. The van der Waals surface area contributed by atoms with Crippen molar-refractivity contribution in [1.82, 2.24) is 15.0 Å². The topological polar surface area (TPSA) is 117 Å². The molecule has 0 spiro atoms. The van der Waals surface area contributed by atoms with Gasteiger partial charge in [-0.2, -0.15) is 0 Å². The Balaban J connectivity index is 1.59. The minimum Gasteiger partial charge on any atom is -0.466 e. The number of hydrogen-bond acceptors (Lipinski definition) is 7. The smallest absolute Gasteiger partial charge is 0.323 e. The molecule has 1 aromatic carbocycles. The Morgan fingerprint density at radius 1 is 1.33 bits per heavy atom. The van der Waals surface area contributed by atoms with Crippen LogP contribution in [-0.4, -0.2) is 38.7 Å². The maximum atomic E-state index is 12.4. The molecule has 0 bridgehead atoms. The van der Waals surface area contributed by atoms with E-state index in [0.29, 0.717) is 33.4 Å². The zero-order valence-electron chi connectivity index (χ0n) is 14.7. The molecular weight excluding hydrogens is 388 g/mol. The van der Waals surface area contributed by atoms with Crippen molar-refractivity contribution in [3.63, 3.8) is 0 Å². The summed E-state index contributed by atoms with van der Waals surface area (Å²) in [7, 11) is 0. The van der Waals surface area contributed by atoms with Crippen LogP contribution in [0.15, 0.2) is 32.7 Å². The van der Waals surface area contributed by atoms with E-state index in [1.807, 2.05) is 0 Å². The van der Waals surface area contributed by atoms with Crippen LogP contribution in [0.25, 0.3) is 11.0 Å². The number of nitrogens with one attached hydrogen (secondary N) is 3. The van der Waals surface area contributed by atoms with Crippen LogP contribution in [0.1, 0.15) is 19.5 Å². The van der Waals surface area contributed by atoms with Crippen LogP contribution in [0.2, 0.25) is 0 Å². The van der Waals surface area contributed by atoms with Crippen LogP contribution in [0.3, 0.4) is 0 Å². The Kier molecular flexibility index (Phi) is 5.97. The van der Waals surface area contributed by atoms with Gasteiger partial charge >= 0.3 is 11.7 Å². The molecule has 0 aliphatic rings. The second kappa shape index (κ2) is 8.40. The Morgan fingerprint density at radius 3 is 2.89 bits per heavy atom. The number of thiazole rings is 1. The van der Waals surface area contributed by atoms with Gasteiger partial charge in [-0.05, 0) is 32.0 Å². The predicted molar refractivity (Wildman–Crippen MR) is 105 cm³/mol. The van der Waals surface area contributed by atoms with Crippen molar-refractivity contribution in [2.24, 2.45) is 0 Å². The van der Waals surface area contributed by atoms with E-state index in [-0.39, 0.29) is 29.2 Å². The van der Waals surface area contributed by atoms with Crippen molar-refractivity contribution < 1.29 is 14.3 Å². The Labute approximate surface area is 162 Å². The third-order valence-corrected chi connectivity index (χ3v) is 5.71. The van der Waals surface area contributed by atoms with Gasteiger partial charge in [0.05, 0.1) is 35.0 Å². The first-order chi connectivity index (χ1) is 12.9. The highest BCUT2D eigenvalue weighted by atomic mass is 32.2. The number of ether oxygens (including phenoxy) is 1. The van der Waals surface area contributed by atoms with Crippen molar-refractivity contribution in [1.29, 1.82) is 0 Å². The van der Waals surface area contributed by atoms with Crippen LogP contribution in [-0.2, 0) is 20.7 Å². The molecule has 0 fully saturated rings. The molecule has 8 nitrogen and oxygen atoms in total. The van der Waals surface area contributed by atoms with Gasteiger partial charge < -0.3 is 20.0 Å². The molecule has 3 N–H and O–H groups in total. The van der Waals surface area contributed by atoms with E-state index in [4.69, 9.17) is 4.74 Å². The Hall–Kier alpha value is -2.59. The number of nitrogens with zero attached hydrogens (tertiary/aromatic N) is 1. The van der Waals surface area contributed by atoms with Crippen molar-refractivity contribution in [3.8, 4) is 0 Å². The van der Waals surface area contributed by atoms with E-state index in [0.717, 1.165) is 0 Å². The molecule has 142 valence electrons. The lowest BCUT2D eigenvalue weighted by atomic mass is 10.2. The first-order valence-electron chi connectivity index (χ1n) is 8.24. The molecule has 0 saturated carbocycles. The number of thioether (sulfide) groups is 1. The number of carbonyl (C=O) groups excluding carboxylic acids is 2. The third kappa shape index (κ3) is 4.98. The quantitative estimate of drug-likeness (QED) is 0.410. The summed E-state index contributed by atoms with van der Waals surface area (Å²) in [6.07, 6.45) is 0.125. The van der Waals surface area contributed by atoms with Gasteiger partial charge in [0.15, 0.2) is 4.34 Å². The first kappa shape index (κ1) is 19.2. The SMILES string of the molecule is CCOC(=O)Cc1csc(S[C@@H](C)C(=O)Nc2ccc3[nH]c(=O)[nH]c3c2)n1. The standard InChI is InChI=1S/C17H18N4O4S2/c1-3-25-14(22)7-11-8-26-17(19-11)27-9(2)15(23)18-10-4-5-12-13(6-10)21-16(24)20-12/h4-6,8-9H,3,7H2,1-2H3,(H,18,23)(H2,20,21,24)/t9-/m0/s1. The average Bonchev–Trinajstić information content (AvgIpc) is 3.19. The zero-order valence-corrected chi connectivity index (χ0v) is 16.3. The molecule has 0 radical (unpaired) electrons. The van der Waals surface area contributed by atoms with Gasteiger partial charge in [-0.3, -0.25) is 9.59 Å². The fourth-order valence-electron chi connectivity index (χ4n) is 2.34. The molecule has 1 amide bonds. The minimum atomic E-state index is -0.382. The number of aromatic amines is 2. The summed E-state index contributed by atoms with van der Waals surface area (Å²) in [5, 5.41) is 4.24. The molecule has 3 rings (SSSR count). The molecule has 0 unspecified atom stereocenters. The van der Waals surface area contributed by atoms with Gasteiger partial charge in [-0.25, -0.2) is 9.78 Å². The summed E-state index contributed by atoms with van der Waals surface area (Å²) in [6.45, 7) is 3.87. The van der Waals surface area contributed by atoms with Gasteiger partial charge in [0.25, 0.3) is 0 Å². The van der Waals surface area contributed by atoms with Gasteiger partial charge in [0, 0.05) is 11.1 Å².